The number of nitrogens with zero attached hydrogens (tertiary/aromatic N) is 2. The lowest BCUT2D eigenvalue weighted by atomic mass is 9.82. The van der Waals surface area contributed by atoms with Gasteiger partial charge in [0.05, 0.1) is 23.7 Å². The number of likely N-dealkylation sites (tertiary alicyclic amines) is 1. The second-order valence-electron chi connectivity index (χ2n) is 9.43. The molecule has 6 nitrogen and oxygen atoms in total. The standard InChI is InChI=1S/C24H16Cl2F4N2O4/c25-12-6-14(18(27)16(26)7-12)20-17(24(28,29)30)19(31-36-20)11-3-4-15-13(5-11)22(34)35-23(15)8-32(9-23)21(33)10-1-2-10/h3-7,10,17,20H,1-2,8-9H2. The summed E-state index contributed by atoms with van der Waals surface area (Å²) in [5.41, 5.74) is -1.43. The molecule has 1 amide bonds. The molecule has 2 aromatic carbocycles. The van der Waals surface area contributed by atoms with Crippen molar-refractivity contribution in [3.63, 3.8) is 0 Å². The van der Waals surface area contributed by atoms with E-state index in [0.29, 0.717) is 5.56 Å². The first kappa shape index (κ1) is 23.5. The first-order valence-corrected chi connectivity index (χ1v) is 11.9. The Morgan fingerprint density at radius 3 is 2.53 bits per heavy atom. The van der Waals surface area contributed by atoms with Crippen molar-refractivity contribution < 1.29 is 36.7 Å². The fourth-order valence-corrected chi connectivity index (χ4v) is 5.57. The van der Waals surface area contributed by atoms with Gasteiger partial charge >= 0.3 is 12.1 Å². The van der Waals surface area contributed by atoms with Crippen LogP contribution in [0.3, 0.4) is 0 Å². The summed E-state index contributed by atoms with van der Waals surface area (Å²) in [5.74, 6) is -4.09. The minimum absolute atomic E-state index is 0.0200. The summed E-state index contributed by atoms with van der Waals surface area (Å²) >= 11 is 11.7. The molecule has 0 aromatic heterocycles. The number of rotatable bonds is 3. The Morgan fingerprint density at radius 2 is 1.86 bits per heavy atom. The minimum atomic E-state index is -4.88. The van der Waals surface area contributed by atoms with Crippen molar-refractivity contribution >= 4 is 40.8 Å². The molecule has 0 N–H and O–H groups in total. The van der Waals surface area contributed by atoms with Crippen molar-refractivity contribution in [2.24, 2.45) is 17.0 Å². The lowest BCUT2D eigenvalue weighted by Gasteiger charge is -2.46. The lowest BCUT2D eigenvalue weighted by Crippen LogP contribution is -2.61. The maximum atomic E-state index is 14.7. The van der Waals surface area contributed by atoms with Gasteiger partial charge in [-0.3, -0.25) is 4.79 Å². The Morgan fingerprint density at radius 1 is 1.14 bits per heavy atom. The van der Waals surface area contributed by atoms with Gasteiger partial charge in [-0.2, -0.15) is 13.2 Å². The zero-order chi connectivity index (χ0) is 25.6. The number of carbonyl (C=O) groups is 2. The largest absolute Gasteiger partial charge is 0.447 e. The van der Waals surface area contributed by atoms with E-state index in [1.54, 1.807) is 4.90 Å². The average Bonchev–Trinajstić information content (AvgIpc) is 3.47. The Hall–Kier alpha value is -2.85. The molecule has 0 bridgehead atoms. The maximum absolute atomic E-state index is 14.7. The number of carbonyl (C=O) groups excluding carboxylic acids is 2. The number of oxime groups is 1. The van der Waals surface area contributed by atoms with Gasteiger partial charge in [-0.25, -0.2) is 9.18 Å². The van der Waals surface area contributed by atoms with Gasteiger partial charge in [-0.1, -0.05) is 40.5 Å². The number of halogens is 6. The first-order chi connectivity index (χ1) is 17.0. The molecular formula is C24H16Cl2F4N2O4. The summed E-state index contributed by atoms with van der Waals surface area (Å²) in [6, 6.07) is 6.25. The van der Waals surface area contributed by atoms with Crippen molar-refractivity contribution in [2.75, 3.05) is 13.1 Å². The fourth-order valence-electron chi connectivity index (χ4n) is 5.06. The smallest absolute Gasteiger partial charge is 0.401 e. The molecule has 1 saturated heterocycles. The molecule has 2 fully saturated rings. The number of ether oxygens (including phenoxy) is 1. The number of esters is 1. The summed E-state index contributed by atoms with van der Waals surface area (Å²) < 4.78 is 62.9. The van der Waals surface area contributed by atoms with Crippen molar-refractivity contribution in [3.05, 3.63) is 68.4 Å². The third kappa shape index (κ3) is 3.56. The molecule has 3 aliphatic heterocycles. The summed E-state index contributed by atoms with van der Waals surface area (Å²) in [6.07, 6.45) is -5.05. The molecule has 188 valence electrons. The Kier molecular flexibility index (Phi) is 5.12. The number of fused-ring (bicyclic) bond motifs is 2. The second kappa shape index (κ2) is 7.82. The lowest BCUT2D eigenvalue weighted by molar-refractivity contribution is -0.178. The molecule has 2 atom stereocenters. The molecule has 2 unspecified atom stereocenters. The van der Waals surface area contributed by atoms with Crippen LogP contribution in [-0.4, -0.2) is 41.8 Å². The van der Waals surface area contributed by atoms with Gasteiger partial charge in [0.15, 0.2) is 11.7 Å². The molecule has 1 saturated carbocycles. The van der Waals surface area contributed by atoms with Gasteiger partial charge in [-0.15, -0.1) is 0 Å². The molecule has 4 aliphatic rings. The van der Waals surface area contributed by atoms with Crippen molar-refractivity contribution in [3.8, 4) is 0 Å². The topological polar surface area (TPSA) is 68.2 Å². The van der Waals surface area contributed by atoms with Gasteiger partial charge < -0.3 is 14.5 Å². The van der Waals surface area contributed by atoms with Crippen LogP contribution in [0.5, 0.6) is 0 Å². The predicted molar refractivity (Wildman–Crippen MR) is 119 cm³/mol. The molecule has 36 heavy (non-hydrogen) atoms. The number of amides is 1. The van der Waals surface area contributed by atoms with Crippen LogP contribution in [0.25, 0.3) is 0 Å². The minimum Gasteiger partial charge on any atom is -0.447 e. The molecule has 0 radical (unpaired) electrons. The molecule has 6 rings (SSSR count). The van der Waals surface area contributed by atoms with Crippen molar-refractivity contribution in [1.29, 1.82) is 0 Å². The van der Waals surface area contributed by atoms with Crippen LogP contribution in [0.15, 0.2) is 35.5 Å². The molecule has 1 aliphatic carbocycles. The van der Waals surface area contributed by atoms with Crippen LogP contribution in [-0.2, 0) is 20.0 Å². The van der Waals surface area contributed by atoms with Crippen LogP contribution in [0.2, 0.25) is 10.0 Å². The first-order valence-electron chi connectivity index (χ1n) is 11.1. The summed E-state index contributed by atoms with van der Waals surface area (Å²) in [4.78, 5) is 31.6. The Labute approximate surface area is 211 Å². The highest BCUT2D eigenvalue weighted by molar-refractivity contribution is 6.34. The number of alkyl halides is 3. The van der Waals surface area contributed by atoms with E-state index in [1.165, 1.54) is 18.2 Å². The maximum Gasteiger partial charge on any atom is 0.401 e. The van der Waals surface area contributed by atoms with E-state index in [4.69, 9.17) is 32.8 Å². The van der Waals surface area contributed by atoms with Crippen LogP contribution >= 0.6 is 23.2 Å². The highest BCUT2D eigenvalue weighted by Gasteiger charge is 2.58. The van der Waals surface area contributed by atoms with Crippen LogP contribution < -0.4 is 0 Å². The zero-order valence-corrected chi connectivity index (χ0v) is 19.8. The van der Waals surface area contributed by atoms with Gasteiger partial charge in [0.1, 0.15) is 17.4 Å². The monoisotopic (exact) mass is 542 g/mol. The van der Waals surface area contributed by atoms with Gasteiger partial charge in [-0.05, 0) is 31.0 Å². The SMILES string of the molecule is O=C1OC2(CN(C(=O)C3CC3)C2)c2ccc(C3=NOC(c4cc(Cl)cc(Cl)c4F)C3C(F)(F)F)cc21. The Balaban J connectivity index is 1.32. The Bertz CT molecular complexity index is 1350. The number of benzene rings is 2. The van der Waals surface area contributed by atoms with E-state index in [9.17, 15) is 27.2 Å². The summed E-state index contributed by atoms with van der Waals surface area (Å²) in [7, 11) is 0. The van der Waals surface area contributed by atoms with E-state index in [1.807, 2.05) is 0 Å². The van der Waals surface area contributed by atoms with Gasteiger partial charge in [0.25, 0.3) is 0 Å². The number of hydrogen-bond acceptors (Lipinski definition) is 5. The van der Waals surface area contributed by atoms with Crippen LogP contribution in [0.4, 0.5) is 17.6 Å². The predicted octanol–water partition coefficient (Wildman–Crippen LogP) is 5.40. The molecule has 2 aromatic rings. The molecular weight excluding hydrogens is 527 g/mol. The third-order valence-corrected chi connectivity index (χ3v) is 7.48. The molecule has 12 heteroatoms. The van der Waals surface area contributed by atoms with E-state index < -0.39 is 51.9 Å². The van der Waals surface area contributed by atoms with Crippen molar-refractivity contribution in [1.82, 2.24) is 4.90 Å². The summed E-state index contributed by atoms with van der Waals surface area (Å²) in [6.45, 7) is 0.402. The highest BCUT2D eigenvalue weighted by Crippen LogP contribution is 2.49. The second-order valence-corrected chi connectivity index (χ2v) is 10.3. The fraction of sp³-hybridized carbons (Fsp3) is 0.375. The quantitative estimate of drug-likeness (QED) is 0.295. The third-order valence-electron chi connectivity index (χ3n) is 6.99. The summed E-state index contributed by atoms with van der Waals surface area (Å²) in [5, 5.41) is 3.12. The van der Waals surface area contributed by atoms with E-state index in [0.717, 1.165) is 25.0 Å². The van der Waals surface area contributed by atoms with E-state index in [-0.39, 0.29) is 41.1 Å². The van der Waals surface area contributed by atoms with Gasteiger partial charge in [0.2, 0.25) is 5.91 Å². The average molecular weight is 543 g/mol. The van der Waals surface area contributed by atoms with E-state index in [2.05, 4.69) is 5.16 Å². The molecule has 1 spiro atoms. The normalized spacial score (nSPS) is 24.2. The zero-order valence-electron chi connectivity index (χ0n) is 18.2. The van der Waals surface area contributed by atoms with Gasteiger partial charge in [0, 0.05) is 27.6 Å². The number of hydrogen-bond donors (Lipinski definition) is 0. The van der Waals surface area contributed by atoms with Crippen LogP contribution in [0, 0.1) is 17.7 Å². The molecule has 3 heterocycles. The van der Waals surface area contributed by atoms with Crippen molar-refractivity contribution in [2.45, 2.75) is 30.7 Å². The van der Waals surface area contributed by atoms with E-state index >= 15 is 0 Å². The van der Waals surface area contributed by atoms with Crippen LogP contribution in [0.1, 0.15) is 46.0 Å². The highest BCUT2D eigenvalue weighted by atomic mass is 35.5.